The van der Waals surface area contributed by atoms with Gasteiger partial charge in [0, 0.05) is 36.4 Å². The van der Waals surface area contributed by atoms with Crippen LogP contribution in [-0.4, -0.2) is 64.2 Å². The van der Waals surface area contributed by atoms with E-state index in [-0.39, 0.29) is 17.3 Å². The van der Waals surface area contributed by atoms with E-state index in [1.54, 1.807) is 18.2 Å². The third kappa shape index (κ3) is 10.4. The molecule has 42 heavy (non-hydrogen) atoms. The fraction of sp³-hybridized carbons (Fsp3) is 0.548. The minimum Gasteiger partial charge on any atom is -0.444 e. The molecule has 0 aliphatic carbocycles. The summed E-state index contributed by atoms with van der Waals surface area (Å²) in [5, 5.41) is 5.85. The number of rotatable bonds is 13. The van der Waals surface area contributed by atoms with E-state index in [9.17, 15) is 18.0 Å². The Hall–Kier alpha value is -2.92. The van der Waals surface area contributed by atoms with Crippen molar-refractivity contribution < 1.29 is 22.7 Å². The van der Waals surface area contributed by atoms with Crippen LogP contribution in [0.4, 0.5) is 21.9 Å². The van der Waals surface area contributed by atoms with Crippen molar-refractivity contribution in [3.8, 4) is 0 Å². The second-order valence-corrected chi connectivity index (χ2v) is 14.9. The van der Waals surface area contributed by atoms with Crippen LogP contribution in [0.1, 0.15) is 76.6 Å². The van der Waals surface area contributed by atoms with Crippen molar-refractivity contribution in [3.05, 3.63) is 48.0 Å². The maximum absolute atomic E-state index is 13.5. The highest BCUT2D eigenvalue weighted by atomic mass is 32.2. The Morgan fingerprint density at radius 1 is 1.07 bits per heavy atom. The number of carbonyl (C=O) groups is 2. The summed E-state index contributed by atoms with van der Waals surface area (Å²) in [6, 6.07) is 12.8. The maximum atomic E-state index is 13.5. The van der Waals surface area contributed by atoms with Crippen LogP contribution < -0.4 is 19.8 Å². The van der Waals surface area contributed by atoms with Crippen molar-refractivity contribution in [1.82, 2.24) is 5.32 Å². The van der Waals surface area contributed by atoms with Crippen molar-refractivity contribution >= 4 is 50.8 Å². The van der Waals surface area contributed by atoms with Crippen LogP contribution in [0.2, 0.25) is 0 Å². The Morgan fingerprint density at radius 3 is 2.40 bits per heavy atom. The molecule has 1 aliphatic heterocycles. The molecular weight excluding hydrogens is 572 g/mol. The first-order chi connectivity index (χ1) is 19.8. The molecule has 0 unspecified atom stereocenters. The average molecular weight is 619 g/mol. The molecule has 2 N–H and O–H groups in total. The normalized spacial score (nSPS) is 15.4. The first kappa shape index (κ1) is 33.6. The highest BCUT2D eigenvalue weighted by Gasteiger charge is 2.28. The van der Waals surface area contributed by atoms with Gasteiger partial charge in [-0.1, -0.05) is 32.6 Å². The quantitative estimate of drug-likeness (QED) is 0.195. The van der Waals surface area contributed by atoms with Crippen LogP contribution in [-0.2, 0) is 14.8 Å². The molecule has 0 spiro atoms. The highest BCUT2D eigenvalue weighted by Crippen LogP contribution is 2.30. The van der Waals surface area contributed by atoms with Gasteiger partial charge in [-0.05, 0) is 81.8 Å². The fourth-order valence-corrected chi connectivity index (χ4v) is 6.10. The molecule has 1 saturated heterocycles. The lowest BCUT2D eigenvalue weighted by molar-refractivity contribution is 0.0508. The summed E-state index contributed by atoms with van der Waals surface area (Å²) < 4.78 is 31.2. The van der Waals surface area contributed by atoms with Crippen molar-refractivity contribution in [3.63, 3.8) is 0 Å². The highest BCUT2D eigenvalue weighted by molar-refractivity contribution is 7.99. The van der Waals surface area contributed by atoms with Crippen molar-refractivity contribution in [2.75, 3.05) is 46.7 Å². The first-order valence-electron chi connectivity index (χ1n) is 14.6. The molecule has 1 heterocycles. The van der Waals surface area contributed by atoms with Crippen LogP contribution in [0.5, 0.6) is 0 Å². The van der Waals surface area contributed by atoms with Gasteiger partial charge in [0.05, 0.1) is 23.5 Å². The number of thioether (sulfide) groups is 1. The monoisotopic (exact) mass is 618 g/mol. The van der Waals surface area contributed by atoms with E-state index in [0.29, 0.717) is 18.8 Å². The number of benzene rings is 2. The number of sulfonamides is 1. The van der Waals surface area contributed by atoms with Crippen molar-refractivity contribution in [1.29, 1.82) is 0 Å². The molecule has 2 aromatic carbocycles. The van der Waals surface area contributed by atoms with Gasteiger partial charge in [-0.2, -0.15) is 0 Å². The van der Waals surface area contributed by atoms with Crippen LogP contribution >= 0.6 is 11.8 Å². The van der Waals surface area contributed by atoms with E-state index in [4.69, 9.17) is 4.74 Å². The number of carbonyl (C=O) groups excluding carboxylic acids is 2. The van der Waals surface area contributed by atoms with Gasteiger partial charge in [0.2, 0.25) is 10.0 Å². The Balaban J connectivity index is 1.71. The van der Waals surface area contributed by atoms with E-state index in [2.05, 4.69) is 22.5 Å². The predicted molar refractivity (Wildman–Crippen MR) is 174 cm³/mol. The Morgan fingerprint density at radius 2 is 1.76 bits per heavy atom. The van der Waals surface area contributed by atoms with E-state index in [0.717, 1.165) is 33.3 Å². The fourth-order valence-electron chi connectivity index (χ4n) is 4.67. The minimum absolute atomic E-state index is 0.108. The Kier molecular flexibility index (Phi) is 12.0. The van der Waals surface area contributed by atoms with Crippen LogP contribution in [0, 0.1) is 0 Å². The summed E-state index contributed by atoms with van der Waals surface area (Å²) in [4.78, 5) is 29.0. The van der Waals surface area contributed by atoms with Gasteiger partial charge < -0.3 is 20.3 Å². The minimum atomic E-state index is -3.60. The lowest BCUT2D eigenvalue weighted by Crippen LogP contribution is -2.40. The van der Waals surface area contributed by atoms with Gasteiger partial charge in [-0.25, -0.2) is 13.2 Å². The Labute approximate surface area is 255 Å². The SMILES string of the molecule is CCCCCCCSc1ccc(NC(=O)c2cc(N3CC[C@H](NC(=O)OC(C)(C)C)C3)ccc2N(C)S(C)(=O)=O)cc1. The topological polar surface area (TPSA) is 108 Å². The molecule has 2 amide bonds. The van der Waals surface area contributed by atoms with Crippen LogP contribution in [0.3, 0.4) is 0 Å². The summed E-state index contributed by atoms with van der Waals surface area (Å²) in [7, 11) is -2.16. The third-order valence-electron chi connectivity index (χ3n) is 6.96. The lowest BCUT2D eigenvalue weighted by atomic mass is 10.1. The average Bonchev–Trinajstić information content (AvgIpc) is 3.37. The van der Waals surface area contributed by atoms with Crippen LogP contribution in [0.25, 0.3) is 0 Å². The molecule has 0 bridgehead atoms. The zero-order valence-corrected chi connectivity index (χ0v) is 27.4. The van der Waals surface area contributed by atoms with Gasteiger partial charge in [-0.15, -0.1) is 11.8 Å². The molecular formula is C31H46N4O5S2. The zero-order chi connectivity index (χ0) is 30.9. The standard InChI is InChI=1S/C31H46N4O5S2/c1-7-8-9-10-11-20-41-26-15-12-23(13-16-26)32-29(36)27-21-25(14-17-28(27)34(5)42(6,38)39)35-19-18-24(22-35)33-30(37)40-31(2,3)4/h12-17,21,24H,7-11,18-20,22H2,1-6H3,(H,32,36)(H,33,37)/t24-/m0/s1. The van der Waals surface area contributed by atoms with E-state index in [1.165, 1.54) is 39.2 Å². The molecule has 1 fully saturated rings. The van der Waals surface area contributed by atoms with Crippen molar-refractivity contribution in [2.24, 2.45) is 0 Å². The summed E-state index contributed by atoms with van der Waals surface area (Å²) in [5.74, 6) is 0.662. The van der Waals surface area contributed by atoms with E-state index in [1.807, 2.05) is 56.8 Å². The number of nitrogens with zero attached hydrogens (tertiary/aromatic N) is 2. The molecule has 0 saturated carbocycles. The number of nitrogens with one attached hydrogen (secondary N) is 2. The smallest absolute Gasteiger partial charge is 0.407 e. The molecule has 11 heteroatoms. The number of ether oxygens (including phenoxy) is 1. The lowest BCUT2D eigenvalue weighted by Gasteiger charge is -2.24. The molecule has 232 valence electrons. The molecule has 3 rings (SSSR count). The summed E-state index contributed by atoms with van der Waals surface area (Å²) in [6.07, 6.45) is 7.60. The summed E-state index contributed by atoms with van der Waals surface area (Å²) >= 11 is 1.81. The number of unbranched alkanes of at least 4 members (excludes halogenated alkanes) is 4. The van der Waals surface area contributed by atoms with Gasteiger partial charge in [-0.3, -0.25) is 9.10 Å². The van der Waals surface area contributed by atoms with Gasteiger partial charge in [0.15, 0.2) is 0 Å². The van der Waals surface area contributed by atoms with E-state index < -0.39 is 27.6 Å². The van der Waals surface area contributed by atoms with Crippen molar-refractivity contribution in [2.45, 2.75) is 82.8 Å². The van der Waals surface area contributed by atoms with Crippen LogP contribution in [0.15, 0.2) is 47.4 Å². The summed E-state index contributed by atoms with van der Waals surface area (Å²) in [5.41, 5.74) is 1.35. The number of amides is 2. The first-order valence-corrected chi connectivity index (χ1v) is 17.5. The predicted octanol–water partition coefficient (Wildman–Crippen LogP) is 6.50. The Bertz CT molecular complexity index is 1310. The second kappa shape index (κ2) is 15.0. The number of hydrogen-bond acceptors (Lipinski definition) is 7. The number of alkyl carbamates (subject to hydrolysis) is 1. The van der Waals surface area contributed by atoms with Gasteiger partial charge in [0.1, 0.15) is 5.60 Å². The van der Waals surface area contributed by atoms with Gasteiger partial charge >= 0.3 is 6.09 Å². The number of anilines is 3. The molecule has 9 nitrogen and oxygen atoms in total. The molecule has 0 radical (unpaired) electrons. The zero-order valence-electron chi connectivity index (χ0n) is 25.7. The second-order valence-electron chi connectivity index (χ2n) is 11.8. The molecule has 0 aromatic heterocycles. The van der Waals surface area contributed by atoms with E-state index >= 15 is 0 Å². The summed E-state index contributed by atoms with van der Waals surface area (Å²) in [6.45, 7) is 8.88. The largest absolute Gasteiger partial charge is 0.444 e. The maximum Gasteiger partial charge on any atom is 0.407 e. The molecule has 1 aliphatic rings. The molecule has 1 atom stereocenters. The third-order valence-corrected chi connectivity index (χ3v) is 9.25. The van der Waals surface area contributed by atoms with Gasteiger partial charge in [0.25, 0.3) is 5.91 Å². The molecule has 2 aromatic rings. The number of hydrogen-bond donors (Lipinski definition) is 2.